The van der Waals surface area contributed by atoms with E-state index >= 15 is 0 Å². The Kier molecular flexibility index (Phi) is 3.58. The first kappa shape index (κ1) is 14.3. The molecule has 0 aliphatic carbocycles. The molecule has 0 radical (unpaired) electrons. The molecule has 8 heteroatoms. The number of rotatable bonds is 3. The van der Waals surface area contributed by atoms with Gasteiger partial charge in [0.25, 0.3) is 0 Å². The maximum absolute atomic E-state index is 11.6. The fourth-order valence-corrected chi connectivity index (χ4v) is 3.64. The second-order valence-corrected chi connectivity index (χ2v) is 7.45. The van der Waals surface area contributed by atoms with Crippen molar-refractivity contribution in [3.63, 3.8) is 0 Å². The predicted molar refractivity (Wildman–Crippen MR) is 77.2 cm³/mol. The SMILES string of the molecule is Cc1cc(-c2cn[nH]c2C2CCN(S(C)(=O)=O)CC2)on1. The lowest BCUT2D eigenvalue weighted by Gasteiger charge is -2.29. The van der Waals surface area contributed by atoms with E-state index in [1.165, 1.54) is 10.6 Å². The van der Waals surface area contributed by atoms with E-state index in [9.17, 15) is 8.42 Å². The molecular formula is C13H18N4O3S. The molecule has 0 bridgehead atoms. The lowest BCUT2D eigenvalue weighted by Crippen LogP contribution is -2.37. The van der Waals surface area contributed by atoms with Gasteiger partial charge in [-0.15, -0.1) is 0 Å². The van der Waals surface area contributed by atoms with Gasteiger partial charge >= 0.3 is 0 Å². The number of nitrogens with one attached hydrogen (secondary N) is 1. The Morgan fingerprint density at radius 2 is 2.10 bits per heavy atom. The van der Waals surface area contributed by atoms with Crippen molar-refractivity contribution in [3.8, 4) is 11.3 Å². The second-order valence-electron chi connectivity index (χ2n) is 5.47. The van der Waals surface area contributed by atoms with E-state index in [1.54, 1.807) is 6.20 Å². The number of sulfonamides is 1. The number of nitrogens with zero attached hydrogens (tertiary/aromatic N) is 3. The molecule has 1 aliphatic heterocycles. The summed E-state index contributed by atoms with van der Waals surface area (Å²) in [7, 11) is -3.10. The number of aryl methyl sites for hydroxylation is 1. The highest BCUT2D eigenvalue weighted by atomic mass is 32.2. The van der Waals surface area contributed by atoms with Crippen molar-refractivity contribution in [2.75, 3.05) is 19.3 Å². The van der Waals surface area contributed by atoms with Crippen molar-refractivity contribution in [1.82, 2.24) is 19.7 Å². The smallest absolute Gasteiger partial charge is 0.211 e. The van der Waals surface area contributed by atoms with Crippen LogP contribution < -0.4 is 0 Å². The van der Waals surface area contributed by atoms with E-state index in [0.29, 0.717) is 18.8 Å². The van der Waals surface area contributed by atoms with Crippen molar-refractivity contribution in [2.45, 2.75) is 25.7 Å². The summed E-state index contributed by atoms with van der Waals surface area (Å²) < 4.78 is 29.9. The highest BCUT2D eigenvalue weighted by molar-refractivity contribution is 7.88. The molecule has 2 aromatic heterocycles. The van der Waals surface area contributed by atoms with Crippen molar-refractivity contribution >= 4 is 10.0 Å². The maximum atomic E-state index is 11.6. The second kappa shape index (κ2) is 5.27. The standard InChI is InChI=1S/C13H18N4O3S/c1-9-7-12(20-16-9)11-8-14-15-13(11)10-3-5-17(6-4-10)21(2,18)19/h7-8,10H,3-6H2,1-2H3,(H,14,15). The lowest BCUT2D eigenvalue weighted by atomic mass is 9.92. The molecule has 3 heterocycles. The van der Waals surface area contributed by atoms with Gasteiger partial charge in [0.15, 0.2) is 5.76 Å². The molecule has 0 spiro atoms. The van der Waals surface area contributed by atoms with Crippen molar-refractivity contribution in [2.24, 2.45) is 0 Å². The molecule has 0 aromatic carbocycles. The molecule has 1 N–H and O–H groups in total. The van der Waals surface area contributed by atoms with Gasteiger partial charge in [-0.1, -0.05) is 5.16 Å². The fourth-order valence-electron chi connectivity index (χ4n) is 2.77. The molecule has 0 atom stereocenters. The van der Waals surface area contributed by atoms with Crippen LogP contribution >= 0.6 is 0 Å². The minimum atomic E-state index is -3.10. The number of hydrogen-bond donors (Lipinski definition) is 1. The molecule has 21 heavy (non-hydrogen) atoms. The van der Waals surface area contributed by atoms with E-state index in [2.05, 4.69) is 15.4 Å². The molecule has 1 aliphatic rings. The van der Waals surface area contributed by atoms with Crippen LogP contribution in [0.5, 0.6) is 0 Å². The summed E-state index contributed by atoms with van der Waals surface area (Å²) in [4.78, 5) is 0. The van der Waals surface area contributed by atoms with Crippen molar-refractivity contribution in [3.05, 3.63) is 23.7 Å². The van der Waals surface area contributed by atoms with Crippen LogP contribution in [0.15, 0.2) is 16.8 Å². The average Bonchev–Trinajstić information content (AvgIpc) is 3.06. The molecule has 114 valence electrons. The molecule has 1 fully saturated rings. The Hall–Kier alpha value is -1.67. The summed E-state index contributed by atoms with van der Waals surface area (Å²) in [6.45, 7) is 2.95. The minimum absolute atomic E-state index is 0.255. The molecule has 2 aromatic rings. The van der Waals surface area contributed by atoms with Gasteiger partial charge in [-0.05, 0) is 19.8 Å². The first-order chi connectivity index (χ1) is 9.95. The van der Waals surface area contributed by atoms with E-state index in [-0.39, 0.29) is 5.92 Å². The number of aromatic nitrogens is 3. The molecule has 0 amide bonds. The van der Waals surface area contributed by atoms with Crippen LogP contribution in [0.2, 0.25) is 0 Å². The summed E-state index contributed by atoms with van der Waals surface area (Å²) in [5.41, 5.74) is 2.73. The molecule has 7 nitrogen and oxygen atoms in total. The van der Waals surface area contributed by atoms with E-state index in [0.717, 1.165) is 29.8 Å². The monoisotopic (exact) mass is 310 g/mol. The first-order valence-electron chi connectivity index (χ1n) is 6.87. The molecule has 3 rings (SSSR count). The maximum Gasteiger partial charge on any atom is 0.211 e. The number of hydrogen-bond acceptors (Lipinski definition) is 5. The van der Waals surface area contributed by atoms with Gasteiger partial charge in [0.05, 0.1) is 23.7 Å². The van der Waals surface area contributed by atoms with Gasteiger partial charge in [-0.3, -0.25) is 5.10 Å². The zero-order valence-electron chi connectivity index (χ0n) is 12.0. The minimum Gasteiger partial charge on any atom is -0.356 e. The van der Waals surface area contributed by atoms with Crippen molar-refractivity contribution in [1.29, 1.82) is 0 Å². The Morgan fingerprint density at radius 3 is 2.67 bits per heavy atom. The molecule has 1 saturated heterocycles. The van der Waals surface area contributed by atoms with Crippen LogP contribution in [0.1, 0.15) is 30.1 Å². The highest BCUT2D eigenvalue weighted by Crippen LogP contribution is 2.34. The topological polar surface area (TPSA) is 92.1 Å². The fraction of sp³-hybridized carbons (Fsp3) is 0.538. The van der Waals surface area contributed by atoms with Crippen LogP contribution in [0.4, 0.5) is 0 Å². The van der Waals surface area contributed by atoms with Gasteiger partial charge in [0, 0.05) is 30.8 Å². The molecular weight excluding hydrogens is 292 g/mol. The van der Waals surface area contributed by atoms with Crippen LogP contribution in [-0.2, 0) is 10.0 Å². The quantitative estimate of drug-likeness (QED) is 0.927. The summed E-state index contributed by atoms with van der Waals surface area (Å²) in [5.74, 6) is 0.952. The van der Waals surface area contributed by atoms with E-state index in [4.69, 9.17) is 4.52 Å². The Morgan fingerprint density at radius 1 is 1.38 bits per heavy atom. The van der Waals surface area contributed by atoms with Gasteiger partial charge in [0.2, 0.25) is 10.0 Å². The van der Waals surface area contributed by atoms with E-state index in [1.807, 2.05) is 13.0 Å². The third-order valence-electron chi connectivity index (χ3n) is 3.89. The Bertz CT molecular complexity index is 726. The summed E-state index contributed by atoms with van der Waals surface area (Å²) in [6.07, 6.45) is 4.54. The largest absolute Gasteiger partial charge is 0.356 e. The zero-order chi connectivity index (χ0) is 15.0. The number of H-pyrrole nitrogens is 1. The van der Waals surface area contributed by atoms with Crippen molar-refractivity contribution < 1.29 is 12.9 Å². The normalized spacial score (nSPS) is 18.2. The van der Waals surface area contributed by atoms with Crippen LogP contribution in [0.25, 0.3) is 11.3 Å². The third kappa shape index (κ3) is 2.86. The van der Waals surface area contributed by atoms with Crippen LogP contribution in [0, 0.1) is 6.92 Å². The summed E-state index contributed by atoms with van der Waals surface area (Å²) in [6, 6.07) is 1.87. The lowest BCUT2D eigenvalue weighted by molar-refractivity contribution is 0.318. The van der Waals surface area contributed by atoms with Gasteiger partial charge in [-0.2, -0.15) is 5.10 Å². The predicted octanol–water partition coefficient (Wildman–Crippen LogP) is 1.51. The molecule has 0 saturated carbocycles. The van der Waals surface area contributed by atoms with E-state index < -0.39 is 10.0 Å². The third-order valence-corrected chi connectivity index (χ3v) is 5.20. The average molecular weight is 310 g/mol. The molecule has 0 unspecified atom stereocenters. The van der Waals surface area contributed by atoms with Crippen LogP contribution in [0.3, 0.4) is 0 Å². The summed E-state index contributed by atoms with van der Waals surface area (Å²) >= 11 is 0. The first-order valence-corrected chi connectivity index (χ1v) is 8.72. The summed E-state index contributed by atoms with van der Waals surface area (Å²) in [5, 5.41) is 11.0. The highest BCUT2D eigenvalue weighted by Gasteiger charge is 2.28. The van der Waals surface area contributed by atoms with Gasteiger partial charge in [-0.25, -0.2) is 12.7 Å². The number of aromatic amines is 1. The zero-order valence-corrected chi connectivity index (χ0v) is 12.9. The van der Waals surface area contributed by atoms with Gasteiger partial charge in [0.1, 0.15) is 0 Å². The number of piperidine rings is 1. The Labute approximate surface area is 123 Å². The van der Waals surface area contributed by atoms with Gasteiger partial charge < -0.3 is 4.52 Å². The Balaban J connectivity index is 1.79. The van der Waals surface area contributed by atoms with Crippen LogP contribution in [-0.4, -0.2) is 47.4 Å².